The number of nitrogens with one attached hydrogen (secondary N) is 2. The average Bonchev–Trinajstić information content (AvgIpc) is 2.91. The van der Waals surface area contributed by atoms with Gasteiger partial charge in [0.25, 0.3) is 0 Å². The quantitative estimate of drug-likeness (QED) is 0.292. The van der Waals surface area contributed by atoms with E-state index in [9.17, 15) is 9.59 Å². The lowest BCUT2D eigenvalue weighted by Gasteiger charge is -2.40. The number of benzene rings is 3. The number of hydrogen-bond acceptors (Lipinski definition) is 4. The number of carbonyl (C=O) groups is 2. The number of anilines is 3. The lowest BCUT2D eigenvalue weighted by molar-refractivity contribution is 0.0980. The van der Waals surface area contributed by atoms with Gasteiger partial charge in [-0.15, -0.1) is 0 Å². The molecule has 0 spiro atoms. The van der Waals surface area contributed by atoms with E-state index in [2.05, 4.69) is 43.5 Å². The average molecular weight is 507 g/mol. The van der Waals surface area contributed by atoms with Crippen LogP contribution in [0.25, 0.3) is 0 Å². The Bertz CT molecular complexity index is 1380. The van der Waals surface area contributed by atoms with Crippen LogP contribution in [0, 0.1) is 11.8 Å². The number of carbonyl (C=O) groups excluding carboxylic acids is 2. The zero-order valence-electron chi connectivity index (χ0n) is 22.8. The van der Waals surface area contributed by atoms with E-state index in [0.29, 0.717) is 34.0 Å². The molecule has 3 aromatic carbocycles. The molecule has 3 aromatic rings. The first-order valence-corrected chi connectivity index (χ1v) is 14.3. The number of fused-ring (bicyclic) bond motifs is 3. The van der Waals surface area contributed by atoms with Gasteiger partial charge in [-0.3, -0.25) is 9.59 Å². The summed E-state index contributed by atoms with van der Waals surface area (Å²) < 4.78 is 0. The van der Waals surface area contributed by atoms with Crippen LogP contribution < -0.4 is 10.6 Å². The van der Waals surface area contributed by atoms with Gasteiger partial charge in [-0.05, 0) is 66.3 Å². The van der Waals surface area contributed by atoms with E-state index < -0.39 is 0 Å². The van der Waals surface area contributed by atoms with Crippen molar-refractivity contribution in [3.05, 3.63) is 88.5 Å². The van der Waals surface area contributed by atoms with Crippen molar-refractivity contribution >= 4 is 28.6 Å². The summed E-state index contributed by atoms with van der Waals surface area (Å²) in [5, 5.41) is 7.12. The Kier molecular flexibility index (Phi) is 6.37. The molecule has 2 saturated carbocycles. The molecule has 3 atom stereocenters. The molecule has 2 fully saturated rings. The third kappa shape index (κ3) is 4.55. The van der Waals surface area contributed by atoms with Gasteiger partial charge in [-0.25, -0.2) is 0 Å². The maximum Gasteiger partial charge on any atom is 0.196 e. The van der Waals surface area contributed by atoms with Crippen molar-refractivity contribution in [3.8, 4) is 0 Å². The molecule has 0 aromatic heterocycles. The predicted molar refractivity (Wildman–Crippen MR) is 155 cm³/mol. The van der Waals surface area contributed by atoms with Gasteiger partial charge >= 0.3 is 0 Å². The van der Waals surface area contributed by atoms with E-state index in [1.54, 1.807) is 12.1 Å². The molecular formula is C34H38N2O2. The highest BCUT2D eigenvalue weighted by Gasteiger charge is 2.36. The highest BCUT2D eigenvalue weighted by Crippen LogP contribution is 2.42. The standard InChI is InChI=1S/C34H38N2O2/c1-34(2,3)23-15-18-24(19-16-23)35-28-12-6-10-26-30(28)32(37)27-11-7-13-29(31(27)33(26)38)36-25-17-14-21-8-4-5-9-22(21)20-25/h6-7,10-13,15-16,18-19,21-22,25,35-36H,4-5,8-9,14,17,20H2,1-3H3. The van der Waals surface area contributed by atoms with Crippen LogP contribution in [0.2, 0.25) is 0 Å². The molecule has 38 heavy (non-hydrogen) atoms. The van der Waals surface area contributed by atoms with E-state index in [0.717, 1.165) is 36.1 Å². The van der Waals surface area contributed by atoms with Crippen molar-refractivity contribution in [2.24, 2.45) is 11.8 Å². The smallest absolute Gasteiger partial charge is 0.196 e. The molecule has 6 rings (SSSR count). The Balaban J connectivity index is 1.28. The summed E-state index contributed by atoms with van der Waals surface area (Å²) in [5.41, 5.74) is 5.65. The molecule has 0 saturated heterocycles. The van der Waals surface area contributed by atoms with Gasteiger partial charge in [-0.2, -0.15) is 0 Å². The zero-order chi connectivity index (χ0) is 26.4. The fraction of sp³-hybridized carbons (Fsp3) is 0.412. The van der Waals surface area contributed by atoms with Gasteiger partial charge in [0.05, 0.1) is 16.8 Å². The van der Waals surface area contributed by atoms with E-state index in [4.69, 9.17) is 0 Å². The minimum absolute atomic E-state index is 0.0675. The first-order chi connectivity index (χ1) is 18.3. The van der Waals surface area contributed by atoms with Crippen LogP contribution in [-0.4, -0.2) is 17.6 Å². The number of hydrogen-bond donors (Lipinski definition) is 2. The van der Waals surface area contributed by atoms with Crippen molar-refractivity contribution in [1.82, 2.24) is 0 Å². The van der Waals surface area contributed by atoms with Crippen molar-refractivity contribution in [2.75, 3.05) is 10.6 Å². The molecule has 3 aliphatic rings. The minimum atomic E-state index is -0.0938. The molecule has 0 bridgehead atoms. The molecule has 3 unspecified atom stereocenters. The van der Waals surface area contributed by atoms with Crippen molar-refractivity contribution in [1.29, 1.82) is 0 Å². The molecular weight excluding hydrogens is 468 g/mol. The molecule has 3 aliphatic carbocycles. The molecule has 0 radical (unpaired) electrons. The molecule has 0 amide bonds. The first kappa shape index (κ1) is 24.9. The third-order valence-corrected chi connectivity index (χ3v) is 9.00. The Morgan fingerprint density at radius 3 is 1.95 bits per heavy atom. The Hall–Kier alpha value is -3.40. The zero-order valence-corrected chi connectivity index (χ0v) is 22.8. The van der Waals surface area contributed by atoms with E-state index in [-0.39, 0.29) is 17.0 Å². The lowest BCUT2D eigenvalue weighted by atomic mass is 9.69. The first-order valence-electron chi connectivity index (χ1n) is 14.3. The van der Waals surface area contributed by atoms with Gasteiger partial charge in [-0.1, -0.05) is 82.9 Å². The molecule has 2 N–H and O–H groups in total. The van der Waals surface area contributed by atoms with Gasteiger partial charge in [0.15, 0.2) is 11.6 Å². The fourth-order valence-corrected chi connectivity index (χ4v) is 6.90. The second-order valence-corrected chi connectivity index (χ2v) is 12.5. The summed E-state index contributed by atoms with van der Waals surface area (Å²) in [6.45, 7) is 6.57. The summed E-state index contributed by atoms with van der Waals surface area (Å²) in [6, 6.07) is 19.9. The lowest BCUT2D eigenvalue weighted by Crippen LogP contribution is -2.35. The van der Waals surface area contributed by atoms with E-state index >= 15 is 0 Å². The summed E-state index contributed by atoms with van der Waals surface area (Å²) in [7, 11) is 0. The van der Waals surface area contributed by atoms with E-state index in [1.165, 1.54) is 37.7 Å². The van der Waals surface area contributed by atoms with Gasteiger partial charge in [0.1, 0.15) is 0 Å². The second kappa shape index (κ2) is 9.72. The van der Waals surface area contributed by atoms with Crippen LogP contribution in [0.15, 0.2) is 60.7 Å². The molecule has 0 heterocycles. The van der Waals surface area contributed by atoms with Crippen molar-refractivity contribution < 1.29 is 9.59 Å². The highest BCUT2D eigenvalue weighted by atomic mass is 16.1. The number of rotatable bonds is 4. The molecule has 4 nitrogen and oxygen atoms in total. The van der Waals surface area contributed by atoms with Crippen LogP contribution in [0.1, 0.15) is 103 Å². The molecule has 0 aliphatic heterocycles. The monoisotopic (exact) mass is 506 g/mol. The maximum atomic E-state index is 13.9. The fourth-order valence-electron chi connectivity index (χ4n) is 6.90. The second-order valence-electron chi connectivity index (χ2n) is 12.5. The van der Waals surface area contributed by atoms with Crippen LogP contribution in [0.3, 0.4) is 0 Å². The normalized spacial score (nSPS) is 22.8. The van der Waals surface area contributed by atoms with Crippen molar-refractivity contribution in [3.63, 3.8) is 0 Å². The third-order valence-electron chi connectivity index (χ3n) is 9.00. The summed E-state index contributed by atoms with van der Waals surface area (Å²) >= 11 is 0. The van der Waals surface area contributed by atoms with Gasteiger partial charge in [0.2, 0.25) is 0 Å². The number of ketones is 2. The maximum absolute atomic E-state index is 13.9. The predicted octanol–water partition coefficient (Wildman–Crippen LogP) is 8.27. The van der Waals surface area contributed by atoms with Crippen LogP contribution in [0.5, 0.6) is 0 Å². The van der Waals surface area contributed by atoms with E-state index in [1.807, 2.05) is 36.4 Å². The Morgan fingerprint density at radius 2 is 1.29 bits per heavy atom. The Morgan fingerprint density at radius 1 is 0.684 bits per heavy atom. The topological polar surface area (TPSA) is 58.2 Å². The summed E-state index contributed by atoms with van der Waals surface area (Å²) in [5.74, 6) is 1.50. The largest absolute Gasteiger partial charge is 0.382 e. The highest BCUT2D eigenvalue weighted by molar-refractivity contribution is 6.31. The van der Waals surface area contributed by atoms with Gasteiger partial charge < -0.3 is 10.6 Å². The van der Waals surface area contributed by atoms with Gasteiger partial charge in [0, 0.05) is 28.5 Å². The van der Waals surface area contributed by atoms with Crippen LogP contribution in [0.4, 0.5) is 17.1 Å². The minimum Gasteiger partial charge on any atom is -0.382 e. The Labute approximate surface area is 226 Å². The van der Waals surface area contributed by atoms with Crippen LogP contribution in [-0.2, 0) is 5.41 Å². The van der Waals surface area contributed by atoms with Crippen LogP contribution >= 0.6 is 0 Å². The molecule has 4 heteroatoms. The summed E-state index contributed by atoms with van der Waals surface area (Å²) in [4.78, 5) is 27.7. The molecule has 196 valence electrons. The van der Waals surface area contributed by atoms with Crippen molar-refractivity contribution in [2.45, 2.75) is 77.2 Å². The summed E-state index contributed by atoms with van der Waals surface area (Å²) in [6.07, 6.45) is 8.98. The SMILES string of the molecule is CC(C)(C)c1ccc(Nc2cccc3c2C(=O)c2cccc(NC4CCC5CCCCC5C4)c2C3=O)cc1.